The first-order valence-corrected chi connectivity index (χ1v) is 7.59. The van der Waals surface area contributed by atoms with Crippen LogP contribution in [0.4, 0.5) is 0 Å². The standard InChI is InChI=1S/C8H9NO4.C6H15NO3/c10-6-2-1-4-3-5(8(12)13)7(11)9(4)6;8-4-1-7(2-5-9)3-6-10/h4-5H,1-3H2,(H,12,13);8-10H,1-6H2. The maximum absolute atomic E-state index is 11.4. The number of amides is 2. The summed E-state index contributed by atoms with van der Waals surface area (Å²) in [6, 6.07) is -0.152. The van der Waals surface area contributed by atoms with E-state index in [1.807, 2.05) is 0 Å². The number of nitrogens with zero attached hydrogens (tertiary/aromatic N) is 2. The van der Waals surface area contributed by atoms with Crippen molar-refractivity contribution >= 4 is 17.8 Å². The summed E-state index contributed by atoms with van der Waals surface area (Å²) in [7, 11) is 0. The third-order valence-corrected chi connectivity index (χ3v) is 3.92. The first-order valence-electron chi connectivity index (χ1n) is 7.59. The molecule has 2 fully saturated rings. The molecule has 0 bridgehead atoms. The van der Waals surface area contributed by atoms with Crippen LogP contribution in [-0.2, 0) is 14.4 Å². The van der Waals surface area contributed by atoms with Crippen LogP contribution < -0.4 is 0 Å². The summed E-state index contributed by atoms with van der Waals surface area (Å²) in [5, 5.41) is 34.1. The highest BCUT2D eigenvalue weighted by atomic mass is 16.4. The summed E-state index contributed by atoms with van der Waals surface area (Å²) in [5.74, 6) is -2.86. The number of rotatable bonds is 7. The zero-order valence-electron chi connectivity index (χ0n) is 12.9. The third-order valence-electron chi connectivity index (χ3n) is 3.92. The average Bonchev–Trinajstić information content (AvgIpc) is 3.02. The van der Waals surface area contributed by atoms with Gasteiger partial charge in [-0.2, -0.15) is 0 Å². The maximum Gasteiger partial charge on any atom is 0.316 e. The summed E-state index contributed by atoms with van der Waals surface area (Å²) < 4.78 is 0. The highest BCUT2D eigenvalue weighted by Crippen LogP contribution is 2.33. The van der Waals surface area contributed by atoms with E-state index in [1.54, 1.807) is 4.90 Å². The quantitative estimate of drug-likeness (QED) is 0.306. The summed E-state index contributed by atoms with van der Waals surface area (Å²) in [6.45, 7) is 1.75. The van der Waals surface area contributed by atoms with Crippen LogP contribution in [0.1, 0.15) is 19.3 Å². The lowest BCUT2D eigenvalue weighted by Gasteiger charge is -2.17. The van der Waals surface area contributed by atoms with Crippen LogP contribution in [0.5, 0.6) is 0 Å². The zero-order valence-corrected chi connectivity index (χ0v) is 12.9. The predicted octanol–water partition coefficient (Wildman–Crippen LogP) is -2.13. The molecule has 9 nitrogen and oxygen atoms in total. The molecule has 23 heavy (non-hydrogen) atoms. The van der Waals surface area contributed by atoms with E-state index < -0.39 is 17.8 Å². The molecule has 2 aliphatic heterocycles. The minimum atomic E-state index is -1.12. The number of aliphatic carboxylic acids is 1. The molecule has 2 saturated heterocycles. The second-order valence-electron chi connectivity index (χ2n) is 5.43. The number of carboxylic acids is 1. The van der Waals surface area contributed by atoms with Gasteiger partial charge in [0.25, 0.3) is 0 Å². The van der Waals surface area contributed by atoms with Crippen molar-refractivity contribution in [1.29, 1.82) is 0 Å². The molecule has 2 aliphatic rings. The number of fused-ring (bicyclic) bond motifs is 1. The molecule has 132 valence electrons. The molecule has 0 saturated carbocycles. The lowest BCUT2D eigenvalue weighted by Crippen LogP contribution is -2.34. The van der Waals surface area contributed by atoms with Crippen molar-refractivity contribution < 1.29 is 34.8 Å². The largest absolute Gasteiger partial charge is 0.481 e. The molecule has 2 heterocycles. The number of aliphatic hydroxyl groups is 3. The molecular formula is C14H24N2O7. The van der Waals surface area contributed by atoms with E-state index in [4.69, 9.17) is 20.4 Å². The van der Waals surface area contributed by atoms with E-state index >= 15 is 0 Å². The van der Waals surface area contributed by atoms with E-state index in [-0.39, 0.29) is 31.8 Å². The molecule has 4 N–H and O–H groups in total. The van der Waals surface area contributed by atoms with E-state index in [0.717, 1.165) is 4.90 Å². The zero-order chi connectivity index (χ0) is 17.4. The smallest absolute Gasteiger partial charge is 0.316 e. The minimum absolute atomic E-state index is 0.0694. The Morgan fingerprint density at radius 3 is 2.00 bits per heavy atom. The summed E-state index contributed by atoms with van der Waals surface area (Å²) in [4.78, 5) is 36.0. The molecule has 0 aromatic heterocycles. The van der Waals surface area contributed by atoms with Crippen molar-refractivity contribution in [3.05, 3.63) is 0 Å². The van der Waals surface area contributed by atoms with Gasteiger partial charge in [0.2, 0.25) is 11.8 Å². The van der Waals surface area contributed by atoms with Crippen LogP contribution in [0.25, 0.3) is 0 Å². The Hall–Kier alpha value is -1.55. The van der Waals surface area contributed by atoms with Crippen LogP contribution in [0.15, 0.2) is 0 Å². The van der Waals surface area contributed by atoms with Gasteiger partial charge in [-0.25, -0.2) is 0 Å². The normalized spacial score (nSPS) is 23.0. The first-order chi connectivity index (χ1) is 11.0. The Labute approximate surface area is 134 Å². The van der Waals surface area contributed by atoms with Crippen molar-refractivity contribution in [1.82, 2.24) is 9.80 Å². The lowest BCUT2D eigenvalue weighted by atomic mass is 10.0. The highest BCUT2D eigenvalue weighted by molar-refractivity contribution is 6.07. The van der Waals surface area contributed by atoms with Crippen LogP contribution in [0, 0.1) is 5.92 Å². The second kappa shape index (κ2) is 9.56. The molecule has 0 aliphatic carbocycles. The molecule has 2 amide bonds. The molecule has 0 aromatic rings. The summed E-state index contributed by atoms with van der Waals surface area (Å²) in [5.41, 5.74) is 0. The SMILES string of the molecule is O=C(O)C1CC2CCC(=O)N2C1=O.OCCN(CCO)CCO. The van der Waals surface area contributed by atoms with Gasteiger partial charge in [-0.15, -0.1) is 0 Å². The van der Waals surface area contributed by atoms with Crippen LogP contribution in [0.3, 0.4) is 0 Å². The van der Waals surface area contributed by atoms with Crippen LogP contribution >= 0.6 is 0 Å². The van der Waals surface area contributed by atoms with Crippen molar-refractivity contribution in [2.45, 2.75) is 25.3 Å². The molecule has 0 spiro atoms. The van der Waals surface area contributed by atoms with Crippen molar-refractivity contribution in [3.8, 4) is 0 Å². The van der Waals surface area contributed by atoms with Crippen LogP contribution in [-0.4, -0.2) is 93.5 Å². The summed E-state index contributed by atoms with van der Waals surface area (Å²) >= 11 is 0. The molecule has 0 aromatic carbocycles. The topological polar surface area (TPSA) is 139 Å². The van der Waals surface area contributed by atoms with Gasteiger partial charge in [0.05, 0.1) is 19.8 Å². The Balaban J connectivity index is 0.000000241. The Bertz CT molecular complexity index is 415. The van der Waals surface area contributed by atoms with E-state index in [0.29, 0.717) is 38.9 Å². The first kappa shape index (κ1) is 19.5. The van der Waals surface area contributed by atoms with Gasteiger partial charge in [-0.1, -0.05) is 0 Å². The maximum atomic E-state index is 11.4. The Morgan fingerprint density at radius 1 is 1.09 bits per heavy atom. The average molecular weight is 332 g/mol. The number of hydrogen-bond acceptors (Lipinski definition) is 7. The lowest BCUT2D eigenvalue weighted by molar-refractivity contribution is -0.149. The van der Waals surface area contributed by atoms with Crippen molar-refractivity contribution in [3.63, 3.8) is 0 Å². The van der Waals surface area contributed by atoms with Gasteiger partial charge in [-0.05, 0) is 12.8 Å². The van der Waals surface area contributed by atoms with Gasteiger partial charge < -0.3 is 20.4 Å². The fraction of sp³-hybridized carbons (Fsp3) is 0.786. The second-order valence-corrected chi connectivity index (χ2v) is 5.43. The fourth-order valence-corrected chi connectivity index (χ4v) is 2.78. The van der Waals surface area contributed by atoms with Crippen molar-refractivity contribution in [2.24, 2.45) is 5.92 Å². The number of carbonyl (C=O) groups excluding carboxylic acids is 2. The number of carboxylic acid groups (broad SMARTS) is 1. The summed E-state index contributed by atoms with van der Waals surface area (Å²) in [6.07, 6.45) is 1.29. The molecule has 2 rings (SSSR count). The molecular weight excluding hydrogens is 308 g/mol. The number of aliphatic hydroxyl groups excluding tert-OH is 3. The van der Waals surface area contributed by atoms with Gasteiger partial charge in [0.15, 0.2) is 0 Å². The molecule has 2 atom stereocenters. The molecule has 9 heteroatoms. The minimum Gasteiger partial charge on any atom is -0.481 e. The van der Waals surface area contributed by atoms with E-state index in [1.165, 1.54) is 0 Å². The third kappa shape index (κ3) is 5.24. The highest BCUT2D eigenvalue weighted by Gasteiger charge is 2.49. The van der Waals surface area contributed by atoms with Crippen molar-refractivity contribution in [2.75, 3.05) is 39.5 Å². The van der Waals surface area contributed by atoms with Gasteiger partial charge in [0.1, 0.15) is 5.92 Å². The van der Waals surface area contributed by atoms with E-state index in [9.17, 15) is 14.4 Å². The number of hydrogen-bond donors (Lipinski definition) is 4. The van der Waals surface area contributed by atoms with Gasteiger partial charge >= 0.3 is 5.97 Å². The Kier molecular flexibility index (Phi) is 8.10. The van der Waals surface area contributed by atoms with Gasteiger partial charge in [0, 0.05) is 32.1 Å². The van der Waals surface area contributed by atoms with Gasteiger partial charge in [-0.3, -0.25) is 24.2 Å². The molecule has 2 unspecified atom stereocenters. The fourth-order valence-electron chi connectivity index (χ4n) is 2.78. The number of imide groups is 1. The predicted molar refractivity (Wildman–Crippen MR) is 78.3 cm³/mol. The number of carbonyl (C=O) groups is 3. The van der Waals surface area contributed by atoms with Crippen LogP contribution in [0.2, 0.25) is 0 Å². The van der Waals surface area contributed by atoms with E-state index in [2.05, 4.69) is 0 Å². The monoisotopic (exact) mass is 332 g/mol. The molecule has 0 radical (unpaired) electrons. The Morgan fingerprint density at radius 2 is 1.61 bits per heavy atom.